The van der Waals surface area contributed by atoms with Crippen molar-refractivity contribution in [2.24, 2.45) is 0 Å². The Balaban J connectivity index is 1.37. The molecule has 3 aromatic carbocycles. The Kier molecular flexibility index (Phi) is 6.85. The van der Waals surface area contributed by atoms with Gasteiger partial charge in [-0.2, -0.15) is 4.98 Å². The van der Waals surface area contributed by atoms with Gasteiger partial charge in [0, 0.05) is 28.5 Å². The summed E-state index contributed by atoms with van der Waals surface area (Å²) in [6.45, 7) is 6.27. The summed E-state index contributed by atoms with van der Waals surface area (Å²) in [6.07, 6.45) is 2.54. The first-order chi connectivity index (χ1) is 18.2. The normalized spacial score (nSPS) is 14.3. The third-order valence-corrected chi connectivity index (χ3v) is 6.74. The quantitative estimate of drug-likeness (QED) is 0.244. The number of nitrogens with one attached hydrogen (secondary N) is 3. The van der Waals surface area contributed by atoms with E-state index >= 15 is 0 Å². The van der Waals surface area contributed by atoms with Crippen LogP contribution >= 0.6 is 0 Å². The highest BCUT2D eigenvalue weighted by molar-refractivity contribution is 6.00. The first-order valence-electron chi connectivity index (χ1n) is 12.9. The van der Waals surface area contributed by atoms with Gasteiger partial charge in [-0.05, 0) is 75.6 Å². The molecule has 0 radical (unpaired) electrons. The third kappa shape index (κ3) is 5.67. The van der Waals surface area contributed by atoms with Crippen molar-refractivity contribution in [2.45, 2.75) is 51.0 Å². The predicted molar refractivity (Wildman–Crippen MR) is 151 cm³/mol. The molecule has 0 saturated heterocycles. The summed E-state index contributed by atoms with van der Waals surface area (Å²) in [6, 6.07) is 25.7. The Morgan fingerprint density at radius 1 is 0.868 bits per heavy atom. The molecule has 1 heterocycles. The molecule has 1 amide bonds. The number of benzene rings is 3. The smallest absolute Gasteiger partial charge is 0.235 e. The average Bonchev–Trinajstić information content (AvgIpc) is 2.85. The van der Waals surface area contributed by atoms with Gasteiger partial charge in [-0.1, -0.05) is 48.9 Å². The SMILES string of the molecule is CC(C)(C)Nc1cc(-c2ccccc2)nc(Nc2ccc(C3(C(=O)Nc4ccc(F)cc4)CCC3)cc2)n1. The molecule has 1 aromatic heterocycles. The maximum absolute atomic E-state index is 13.3. The van der Waals surface area contributed by atoms with E-state index in [0.717, 1.165) is 47.6 Å². The van der Waals surface area contributed by atoms with Crippen molar-refractivity contribution in [1.29, 1.82) is 0 Å². The standard InChI is InChI=1S/C31H32FN5O/c1-30(2,3)37-27-20-26(21-8-5-4-6-9-21)35-29(36-27)34-25-14-10-22(11-15-25)31(18-7-19-31)28(38)33-24-16-12-23(32)13-17-24/h4-6,8-17,20H,7,18-19H2,1-3H3,(H,33,38)(H2,34,35,36,37). The zero-order chi connectivity index (χ0) is 26.8. The van der Waals surface area contributed by atoms with Crippen molar-refractivity contribution in [3.05, 3.63) is 96.3 Å². The molecule has 5 rings (SSSR count). The zero-order valence-electron chi connectivity index (χ0n) is 21.9. The van der Waals surface area contributed by atoms with E-state index in [1.807, 2.05) is 60.7 Å². The summed E-state index contributed by atoms with van der Waals surface area (Å²) in [5, 5.41) is 9.73. The van der Waals surface area contributed by atoms with E-state index in [1.165, 1.54) is 12.1 Å². The Morgan fingerprint density at radius 2 is 1.53 bits per heavy atom. The van der Waals surface area contributed by atoms with Crippen molar-refractivity contribution < 1.29 is 9.18 Å². The maximum atomic E-state index is 13.3. The third-order valence-electron chi connectivity index (χ3n) is 6.74. The fraction of sp³-hybridized carbons (Fsp3) is 0.258. The van der Waals surface area contributed by atoms with Gasteiger partial charge in [-0.25, -0.2) is 9.37 Å². The number of carbonyl (C=O) groups excluding carboxylic acids is 1. The topological polar surface area (TPSA) is 78.9 Å². The Bertz CT molecular complexity index is 1410. The van der Waals surface area contributed by atoms with Gasteiger partial charge in [0.15, 0.2) is 0 Å². The second kappa shape index (κ2) is 10.2. The lowest BCUT2D eigenvalue weighted by molar-refractivity contribution is -0.124. The number of nitrogens with zero attached hydrogens (tertiary/aromatic N) is 2. The van der Waals surface area contributed by atoms with E-state index in [1.54, 1.807) is 12.1 Å². The molecule has 38 heavy (non-hydrogen) atoms. The lowest BCUT2D eigenvalue weighted by Gasteiger charge is -2.40. The Hall–Kier alpha value is -4.26. The maximum Gasteiger partial charge on any atom is 0.235 e. The Labute approximate surface area is 222 Å². The van der Waals surface area contributed by atoms with Crippen LogP contribution in [0.1, 0.15) is 45.6 Å². The minimum Gasteiger partial charge on any atom is -0.365 e. The number of halogens is 1. The fourth-order valence-corrected chi connectivity index (χ4v) is 4.67. The highest BCUT2D eigenvalue weighted by Crippen LogP contribution is 2.45. The van der Waals surface area contributed by atoms with Crippen LogP contribution in [-0.4, -0.2) is 21.4 Å². The molecule has 1 fully saturated rings. The molecule has 1 aliphatic rings. The lowest BCUT2D eigenvalue weighted by Crippen LogP contribution is -2.46. The number of aromatic nitrogens is 2. The zero-order valence-corrected chi connectivity index (χ0v) is 21.9. The van der Waals surface area contributed by atoms with E-state index in [9.17, 15) is 9.18 Å². The number of hydrogen-bond acceptors (Lipinski definition) is 5. The van der Waals surface area contributed by atoms with Crippen LogP contribution in [0.5, 0.6) is 0 Å². The molecule has 0 bridgehead atoms. The summed E-state index contributed by atoms with van der Waals surface area (Å²) in [5.74, 6) is 0.825. The molecule has 0 aliphatic heterocycles. The number of amides is 1. The predicted octanol–water partition coefficient (Wildman–Crippen LogP) is 7.30. The Morgan fingerprint density at radius 3 is 2.13 bits per heavy atom. The minimum absolute atomic E-state index is 0.0622. The van der Waals surface area contributed by atoms with Crippen molar-refractivity contribution in [2.75, 3.05) is 16.0 Å². The van der Waals surface area contributed by atoms with Gasteiger partial charge in [0.1, 0.15) is 11.6 Å². The van der Waals surface area contributed by atoms with Crippen LogP contribution in [0.25, 0.3) is 11.3 Å². The number of rotatable bonds is 7. The van der Waals surface area contributed by atoms with Gasteiger partial charge in [-0.15, -0.1) is 0 Å². The molecular formula is C31H32FN5O. The molecule has 1 aliphatic carbocycles. The van der Waals surface area contributed by atoms with Crippen LogP contribution in [0.2, 0.25) is 0 Å². The lowest BCUT2D eigenvalue weighted by atomic mass is 9.63. The molecule has 0 unspecified atom stereocenters. The highest BCUT2D eigenvalue weighted by Gasteiger charge is 2.45. The monoisotopic (exact) mass is 509 g/mol. The van der Waals surface area contributed by atoms with Gasteiger partial charge in [0.2, 0.25) is 11.9 Å². The molecule has 194 valence electrons. The van der Waals surface area contributed by atoms with E-state index in [-0.39, 0.29) is 17.3 Å². The van der Waals surface area contributed by atoms with Crippen molar-refractivity contribution in [3.63, 3.8) is 0 Å². The van der Waals surface area contributed by atoms with Gasteiger partial charge in [0.05, 0.1) is 11.1 Å². The summed E-state index contributed by atoms with van der Waals surface area (Å²) in [5.41, 5.74) is 3.46. The highest BCUT2D eigenvalue weighted by atomic mass is 19.1. The largest absolute Gasteiger partial charge is 0.365 e. The first-order valence-corrected chi connectivity index (χ1v) is 12.9. The van der Waals surface area contributed by atoms with Crippen molar-refractivity contribution in [1.82, 2.24) is 9.97 Å². The van der Waals surface area contributed by atoms with Crippen molar-refractivity contribution >= 4 is 29.0 Å². The number of hydrogen-bond donors (Lipinski definition) is 3. The molecule has 7 heteroatoms. The molecule has 1 saturated carbocycles. The minimum atomic E-state index is -0.583. The molecular weight excluding hydrogens is 477 g/mol. The second-order valence-electron chi connectivity index (χ2n) is 10.8. The molecule has 4 aromatic rings. The number of carbonyl (C=O) groups is 1. The van der Waals surface area contributed by atoms with Gasteiger partial charge < -0.3 is 16.0 Å². The van der Waals surface area contributed by atoms with Crippen LogP contribution in [0.3, 0.4) is 0 Å². The van der Waals surface area contributed by atoms with Crippen LogP contribution in [0, 0.1) is 5.82 Å². The molecule has 0 spiro atoms. The van der Waals surface area contributed by atoms with E-state index in [0.29, 0.717) is 11.6 Å². The first kappa shape index (κ1) is 25.4. The molecule has 6 nitrogen and oxygen atoms in total. The van der Waals surface area contributed by atoms with Gasteiger partial charge in [0.25, 0.3) is 0 Å². The second-order valence-corrected chi connectivity index (χ2v) is 10.8. The molecule has 3 N–H and O–H groups in total. The van der Waals surface area contributed by atoms with E-state index in [4.69, 9.17) is 9.97 Å². The summed E-state index contributed by atoms with van der Waals surface area (Å²) < 4.78 is 13.3. The average molecular weight is 510 g/mol. The van der Waals surface area contributed by atoms with Gasteiger partial charge in [-0.3, -0.25) is 4.79 Å². The van der Waals surface area contributed by atoms with E-state index < -0.39 is 5.41 Å². The summed E-state index contributed by atoms with van der Waals surface area (Å²) >= 11 is 0. The molecule has 0 atom stereocenters. The number of anilines is 4. The van der Waals surface area contributed by atoms with Crippen molar-refractivity contribution in [3.8, 4) is 11.3 Å². The van der Waals surface area contributed by atoms with Gasteiger partial charge >= 0.3 is 0 Å². The fourth-order valence-electron chi connectivity index (χ4n) is 4.67. The van der Waals surface area contributed by atoms with Crippen LogP contribution in [-0.2, 0) is 10.2 Å². The van der Waals surface area contributed by atoms with Crippen LogP contribution < -0.4 is 16.0 Å². The van der Waals surface area contributed by atoms with Crippen LogP contribution in [0.15, 0.2) is 84.9 Å². The van der Waals surface area contributed by atoms with Crippen LogP contribution in [0.4, 0.5) is 27.5 Å². The van der Waals surface area contributed by atoms with E-state index in [2.05, 4.69) is 36.7 Å². The summed E-state index contributed by atoms with van der Waals surface area (Å²) in [7, 11) is 0. The summed E-state index contributed by atoms with van der Waals surface area (Å²) in [4.78, 5) is 22.7.